The molecule has 0 amide bonds. The van der Waals surface area contributed by atoms with Crippen LogP contribution in [0.2, 0.25) is 0 Å². The van der Waals surface area contributed by atoms with Crippen molar-refractivity contribution in [2.45, 2.75) is 51.9 Å². The van der Waals surface area contributed by atoms with Crippen LogP contribution in [0.3, 0.4) is 0 Å². The normalized spacial score (nSPS) is 17.2. The summed E-state index contributed by atoms with van der Waals surface area (Å²) in [6.07, 6.45) is 3.56. The molecule has 34 heavy (non-hydrogen) atoms. The van der Waals surface area contributed by atoms with E-state index in [0.29, 0.717) is 30.2 Å². The maximum Gasteiger partial charge on any atom is 0.332 e. The van der Waals surface area contributed by atoms with E-state index in [9.17, 15) is 9.59 Å². The number of fused-ring (bicyclic) bond motifs is 1. The van der Waals surface area contributed by atoms with Crippen molar-refractivity contribution in [2.24, 2.45) is 12.8 Å². The molecular weight excluding hydrogens is 432 g/mol. The van der Waals surface area contributed by atoms with Crippen LogP contribution in [0, 0.1) is 0 Å². The largest absolute Gasteiger partial charge is 0.375 e. The van der Waals surface area contributed by atoms with Crippen molar-refractivity contribution in [3.8, 4) is 0 Å². The minimum Gasteiger partial charge on any atom is -0.375 e. The Labute approximate surface area is 199 Å². The number of ether oxygens (including phenoxy) is 1. The van der Waals surface area contributed by atoms with E-state index < -0.39 is 11.8 Å². The van der Waals surface area contributed by atoms with Gasteiger partial charge in [-0.05, 0) is 32.3 Å². The fourth-order valence-electron chi connectivity index (χ4n) is 4.55. The molecule has 1 aromatic carbocycles. The van der Waals surface area contributed by atoms with Gasteiger partial charge in [0.1, 0.15) is 6.10 Å². The fraction of sp³-hybridized carbons (Fsp3) is 0.480. The van der Waals surface area contributed by atoms with Crippen LogP contribution in [0.1, 0.15) is 38.4 Å². The number of aromatic nitrogens is 4. The first-order chi connectivity index (χ1) is 16.3. The molecule has 4 rings (SSSR count). The number of hydrogen-bond donors (Lipinski definition) is 1. The highest BCUT2D eigenvalue weighted by Crippen LogP contribution is 2.24. The lowest BCUT2D eigenvalue weighted by Gasteiger charge is -2.31. The number of nitrogens with zero attached hydrogens (tertiary/aromatic N) is 5. The van der Waals surface area contributed by atoms with Gasteiger partial charge in [0, 0.05) is 39.8 Å². The zero-order valence-corrected chi connectivity index (χ0v) is 20.4. The Bertz CT molecular complexity index is 1300. The first-order valence-electron chi connectivity index (χ1n) is 11.7. The molecule has 0 radical (unpaired) electrons. The maximum atomic E-state index is 13.8. The number of piperidine rings is 1. The molecule has 0 spiro atoms. The summed E-state index contributed by atoms with van der Waals surface area (Å²) >= 11 is 0. The van der Waals surface area contributed by atoms with E-state index in [4.69, 9.17) is 15.5 Å². The average molecular weight is 467 g/mol. The number of allylic oxidation sites excluding steroid dienone is 2. The van der Waals surface area contributed by atoms with Crippen LogP contribution in [0.5, 0.6) is 0 Å². The van der Waals surface area contributed by atoms with Gasteiger partial charge in [0.05, 0.1) is 6.54 Å². The van der Waals surface area contributed by atoms with E-state index in [-0.39, 0.29) is 18.1 Å². The second-order valence-electron chi connectivity index (χ2n) is 9.22. The lowest BCUT2D eigenvalue weighted by molar-refractivity contribution is 0.0856. The smallest absolute Gasteiger partial charge is 0.332 e. The maximum absolute atomic E-state index is 13.8. The lowest BCUT2D eigenvalue weighted by Crippen LogP contribution is -2.44. The van der Waals surface area contributed by atoms with Gasteiger partial charge in [0.15, 0.2) is 11.2 Å². The highest BCUT2D eigenvalue weighted by molar-refractivity contribution is 5.74. The molecule has 1 fully saturated rings. The Morgan fingerprint density at radius 2 is 1.97 bits per heavy atom. The molecule has 1 aliphatic heterocycles. The number of methoxy groups -OCH3 is 1. The van der Waals surface area contributed by atoms with Crippen molar-refractivity contribution in [2.75, 3.05) is 25.1 Å². The van der Waals surface area contributed by atoms with Crippen LogP contribution in [0.25, 0.3) is 11.2 Å². The fourth-order valence-corrected chi connectivity index (χ4v) is 4.55. The molecule has 3 aromatic rings. The lowest BCUT2D eigenvalue weighted by atomic mass is 10.1. The Morgan fingerprint density at radius 3 is 2.62 bits per heavy atom. The van der Waals surface area contributed by atoms with Crippen LogP contribution in [0.15, 0.2) is 51.6 Å². The summed E-state index contributed by atoms with van der Waals surface area (Å²) in [5.74, 6) is 0.679. The molecule has 182 valence electrons. The van der Waals surface area contributed by atoms with E-state index in [1.807, 2.05) is 48.7 Å². The van der Waals surface area contributed by atoms with Crippen molar-refractivity contribution in [1.29, 1.82) is 0 Å². The van der Waals surface area contributed by atoms with Crippen molar-refractivity contribution in [3.05, 3.63) is 68.4 Å². The van der Waals surface area contributed by atoms with Crippen LogP contribution in [-0.2, 0) is 24.9 Å². The van der Waals surface area contributed by atoms with Gasteiger partial charge in [-0.1, -0.05) is 42.0 Å². The van der Waals surface area contributed by atoms with Crippen molar-refractivity contribution < 1.29 is 4.74 Å². The van der Waals surface area contributed by atoms with Gasteiger partial charge in [-0.15, -0.1) is 0 Å². The van der Waals surface area contributed by atoms with Crippen LogP contribution in [0.4, 0.5) is 5.95 Å². The summed E-state index contributed by atoms with van der Waals surface area (Å²) in [7, 11) is 3.25. The van der Waals surface area contributed by atoms with Crippen molar-refractivity contribution in [3.63, 3.8) is 0 Å². The summed E-state index contributed by atoms with van der Waals surface area (Å²) in [6.45, 7) is 6.12. The molecule has 2 unspecified atom stereocenters. The molecule has 2 N–H and O–H groups in total. The number of benzene rings is 1. The number of rotatable bonds is 7. The van der Waals surface area contributed by atoms with E-state index in [2.05, 4.69) is 11.0 Å². The van der Waals surface area contributed by atoms with E-state index in [1.165, 1.54) is 9.13 Å². The highest BCUT2D eigenvalue weighted by atomic mass is 16.5. The molecule has 3 heterocycles. The van der Waals surface area contributed by atoms with Crippen LogP contribution in [-0.4, -0.2) is 44.9 Å². The van der Waals surface area contributed by atoms with Gasteiger partial charge in [-0.3, -0.25) is 13.9 Å². The summed E-state index contributed by atoms with van der Waals surface area (Å²) < 4.78 is 10.3. The molecule has 9 nitrogen and oxygen atoms in total. The Hall–Kier alpha value is -3.17. The van der Waals surface area contributed by atoms with E-state index in [0.717, 1.165) is 30.5 Å². The second kappa shape index (κ2) is 9.99. The quantitative estimate of drug-likeness (QED) is 0.536. The topological polar surface area (TPSA) is 100 Å². The van der Waals surface area contributed by atoms with E-state index >= 15 is 0 Å². The molecule has 0 bridgehead atoms. The number of anilines is 1. The minimum absolute atomic E-state index is 0.0549. The van der Waals surface area contributed by atoms with Crippen molar-refractivity contribution in [1.82, 2.24) is 18.7 Å². The third kappa shape index (κ3) is 4.58. The first-order valence-corrected chi connectivity index (χ1v) is 11.7. The summed E-state index contributed by atoms with van der Waals surface area (Å²) in [5, 5.41) is 0. The number of aryl methyl sites for hydroxylation is 1. The van der Waals surface area contributed by atoms with E-state index in [1.54, 1.807) is 14.2 Å². The minimum atomic E-state index is -0.433. The molecule has 0 saturated carbocycles. The Kier molecular flexibility index (Phi) is 7.04. The van der Waals surface area contributed by atoms with Gasteiger partial charge in [0.25, 0.3) is 5.56 Å². The first kappa shape index (κ1) is 24.0. The van der Waals surface area contributed by atoms with Crippen LogP contribution < -0.4 is 21.9 Å². The molecule has 2 atom stereocenters. The molecule has 1 aliphatic rings. The number of nitrogens with two attached hydrogens (primary N) is 1. The van der Waals surface area contributed by atoms with Crippen molar-refractivity contribution >= 4 is 17.1 Å². The average Bonchev–Trinajstić information content (AvgIpc) is 3.22. The summed E-state index contributed by atoms with van der Waals surface area (Å²) in [6, 6.07) is 9.66. The molecule has 2 aromatic heterocycles. The third-order valence-electron chi connectivity index (χ3n) is 6.44. The highest BCUT2D eigenvalue weighted by Gasteiger charge is 2.26. The number of imidazole rings is 1. The van der Waals surface area contributed by atoms with Gasteiger partial charge < -0.3 is 19.9 Å². The molecule has 9 heteroatoms. The zero-order chi connectivity index (χ0) is 24.4. The third-order valence-corrected chi connectivity index (χ3v) is 6.44. The summed E-state index contributed by atoms with van der Waals surface area (Å²) in [5.41, 5.74) is 8.30. The number of hydrogen-bond acceptors (Lipinski definition) is 6. The Morgan fingerprint density at radius 1 is 1.24 bits per heavy atom. The Balaban J connectivity index is 1.89. The SMILES string of the molecule is COC(Cn1c(=O)c2c(nc(N3CCCC(N)C3)n2CC=C(C)C)n(C)c1=O)c1ccccc1. The van der Waals surface area contributed by atoms with Gasteiger partial charge >= 0.3 is 5.69 Å². The standard InChI is InChI=1S/C25H34N6O3/c1-17(2)12-14-30-21-22(27-24(30)29-13-8-11-19(26)15-29)28(3)25(33)31(23(21)32)16-20(34-4)18-9-6-5-7-10-18/h5-7,9-10,12,19-20H,8,11,13-16,26H2,1-4H3. The predicted molar refractivity (Wildman–Crippen MR) is 134 cm³/mol. The zero-order valence-electron chi connectivity index (χ0n) is 20.4. The molecular formula is C25H34N6O3. The molecule has 1 saturated heterocycles. The molecule has 0 aliphatic carbocycles. The monoisotopic (exact) mass is 466 g/mol. The second-order valence-corrected chi connectivity index (χ2v) is 9.22. The van der Waals surface area contributed by atoms with Crippen LogP contribution >= 0.6 is 0 Å². The van der Waals surface area contributed by atoms with Gasteiger partial charge in [0.2, 0.25) is 5.95 Å². The summed E-state index contributed by atoms with van der Waals surface area (Å²) in [4.78, 5) is 34.0. The van der Waals surface area contributed by atoms with Gasteiger partial charge in [-0.2, -0.15) is 4.98 Å². The predicted octanol–water partition coefficient (Wildman–Crippen LogP) is 2.18. The van der Waals surface area contributed by atoms with Gasteiger partial charge in [-0.25, -0.2) is 4.79 Å².